The Morgan fingerprint density at radius 3 is 2.16 bits per heavy atom. The smallest absolute Gasteiger partial charge is 0.255 e. The molecule has 0 aromatic heterocycles. The standard InChI is InChI=1S/C25H33N3O4/c1-7-16(2)21(24(31)28-25(3,4)5)27-23(30)19-10-8-9-11-20(19)26-22(29)17-12-14-18(32-6)15-13-17/h8-16,21H,7H2,1-6H3,(H,26,29)(H,27,30)(H,28,31)/t16-,21+/m1/s1. The van der Waals surface area contributed by atoms with Crippen LogP contribution in [0.5, 0.6) is 5.75 Å². The molecular formula is C25H33N3O4. The lowest BCUT2D eigenvalue weighted by Crippen LogP contribution is -2.54. The van der Waals surface area contributed by atoms with Gasteiger partial charge in [-0.3, -0.25) is 14.4 Å². The molecule has 2 rings (SSSR count). The molecule has 3 N–H and O–H groups in total. The average Bonchev–Trinajstić information content (AvgIpc) is 2.75. The van der Waals surface area contributed by atoms with Gasteiger partial charge in [0.2, 0.25) is 5.91 Å². The normalized spacial score (nSPS) is 12.9. The zero-order valence-electron chi connectivity index (χ0n) is 19.6. The van der Waals surface area contributed by atoms with Crippen molar-refractivity contribution in [2.24, 2.45) is 5.92 Å². The van der Waals surface area contributed by atoms with E-state index >= 15 is 0 Å². The lowest BCUT2D eigenvalue weighted by atomic mass is 9.96. The Morgan fingerprint density at radius 2 is 1.59 bits per heavy atom. The number of nitrogens with one attached hydrogen (secondary N) is 3. The van der Waals surface area contributed by atoms with Crippen LogP contribution in [0.3, 0.4) is 0 Å². The van der Waals surface area contributed by atoms with Gasteiger partial charge in [0.05, 0.1) is 18.4 Å². The summed E-state index contributed by atoms with van der Waals surface area (Å²) in [6, 6.07) is 12.7. The molecule has 2 aromatic rings. The second-order valence-electron chi connectivity index (χ2n) is 8.80. The van der Waals surface area contributed by atoms with Crippen molar-refractivity contribution in [3.63, 3.8) is 0 Å². The number of ether oxygens (including phenoxy) is 1. The zero-order chi connectivity index (χ0) is 23.9. The van der Waals surface area contributed by atoms with Crippen molar-refractivity contribution in [2.75, 3.05) is 12.4 Å². The number of amides is 3. The second kappa shape index (κ2) is 10.8. The maximum Gasteiger partial charge on any atom is 0.255 e. The summed E-state index contributed by atoms with van der Waals surface area (Å²) in [5.41, 5.74) is 0.664. The van der Waals surface area contributed by atoms with Crippen LogP contribution in [0.25, 0.3) is 0 Å². The molecule has 0 radical (unpaired) electrons. The zero-order valence-corrected chi connectivity index (χ0v) is 19.6. The number of carbonyl (C=O) groups excluding carboxylic acids is 3. The molecule has 0 unspecified atom stereocenters. The first kappa shape index (κ1) is 24.9. The Labute approximate surface area is 189 Å². The van der Waals surface area contributed by atoms with Crippen LogP contribution in [-0.4, -0.2) is 36.4 Å². The van der Waals surface area contributed by atoms with Gasteiger partial charge in [-0.05, 0) is 63.1 Å². The maximum absolute atomic E-state index is 13.1. The quantitative estimate of drug-likeness (QED) is 0.579. The van der Waals surface area contributed by atoms with E-state index < -0.39 is 17.5 Å². The molecule has 2 aromatic carbocycles. The second-order valence-corrected chi connectivity index (χ2v) is 8.80. The van der Waals surface area contributed by atoms with Gasteiger partial charge in [0.25, 0.3) is 11.8 Å². The van der Waals surface area contributed by atoms with Gasteiger partial charge >= 0.3 is 0 Å². The number of anilines is 1. The molecule has 0 aliphatic heterocycles. The molecule has 7 heteroatoms. The first-order valence-corrected chi connectivity index (χ1v) is 10.7. The highest BCUT2D eigenvalue weighted by Crippen LogP contribution is 2.19. The van der Waals surface area contributed by atoms with E-state index in [0.717, 1.165) is 6.42 Å². The topological polar surface area (TPSA) is 96.5 Å². The van der Waals surface area contributed by atoms with E-state index in [9.17, 15) is 14.4 Å². The summed E-state index contributed by atoms with van der Waals surface area (Å²) in [5.74, 6) is -0.435. The van der Waals surface area contributed by atoms with Crippen molar-refractivity contribution in [2.45, 2.75) is 52.6 Å². The first-order valence-electron chi connectivity index (χ1n) is 10.7. The maximum atomic E-state index is 13.1. The monoisotopic (exact) mass is 439 g/mol. The fraction of sp³-hybridized carbons (Fsp3) is 0.400. The van der Waals surface area contributed by atoms with E-state index in [-0.39, 0.29) is 23.3 Å². The fourth-order valence-electron chi connectivity index (χ4n) is 3.10. The highest BCUT2D eigenvalue weighted by molar-refractivity contribution is 6.09. The third-order valence-corrected chi connectivity index (χ3v) is 5.05. The first-order chi connectivity index (χ1) is 15.1. The number of methoxy groups -OCH3 is 1. The molecule has 0 heterocycles. The molecule has 0 spiro atoms. The summed E-state index contributed by atoms with van der Waals surface area (Å²) in [6.45, 7) is 9.57. The summed E-state index contributed by atoms with van der Waals surface area (Å²) in [5, 5.41) is 8.58. The molecular weight excluding hydrogens is 406 g/mol. The van der Waals surface area contributed by atoms with Gasteiger partial charge in [0, 0.05) is 11.1 Å². The molecule has 2 atom stereocenters. The molecule has 0 bridgehead atoms. The molecule has 0 saturated carbocycles. The van der Waals surface area contributed by atoms with Crippen LogP contribution in [0, 0.1) is 5.92 Å². The predicted molar refractivity (Wildman–Crippen MR) is 126 cm³/mol. The van der Waals surface area contributed by atoms with E-state index in [1.54, 1.807) is 55.6 Å². The molecule has 0 aliphatic rings. The molecule has 7 nitrogen and oxygen atoms in total. The van der Waals surface area contributed by atoms with Gasteiger partial charge in [-0.25, -0.2) is 0 Å². The van der Waals surface area contributed by atoms with Crippen LogP contribution in [-0.2, 0) is 4.79 Å². The van der Waals surface area contributed by atoms with Gasteiger partial charge in [0.15, 0.2) is 0 Å². The third-order valence-electron chi connectivity index (χ3n) is 5.05. The van der Waals surface area contributed by atoms with Crippen LogP contribution >= 0.6 is 0 Å². The van der Waals surface area contributed by atoms with Gasteiger partial charge in [0.1, 0.15) is 11.8 Å². The molecule has 0 saturated heterocycles. The summed E-state index contributed by atoms with van der Waals surface area (Å²) in [6.07, 6.45) is 0.721. The number of hydrogen-bond donors (Lipinski definition) is 3. The van der Waals surface area contributed by atoms with Crippen LogP contribution in [0.4, 0.5) is 5.69 Å². The number of rotatable bonds is 8. The van der Waals surface area contributed by atoms with Gasteiger partial charge in [-0.2, -0.15) is 0 Å². The third kappa shape index (κ3) is 6.83. The fourth-order valence-corrected chi connectivity index (χ4v) is 3.10. The van der Waals surface area contributed by atoms with Crippen molar-refractivity contribution in [3.8, 4) is 5.75 Å². The van der Waals surface area contributed by atoms with E-state index in [2.05, 4.69) is 16.0 Å². The summed E-state index contributed by atoms with van der Waals surface area (Å²) in [7, 11) is 1.55. The molecule has 32 heavy (non-hydrogen) atoms. The van der Waals surface area contributed by atoms with Gasteiger partial charge in [-0.1, -0.05) is 32.4 Å². The lowest BCUT2D eigenvalue weighted by molar-refractivity contribution is -0.125. The van der Waals surface area contributed by atoms with E-state index in [1.165, 1.54) is 0 Å². The Morgan fingerprint density at radius 1 is 0.969 bits per heavy atom. The Kier molecular flexibility index (Phi) is 8.41. The predicted octanol–water partition coefficient (Wildman–Crippen LogP) is 4.01. The van der Waals surface area contributed by atoms with Crippen LogP contribution in [0.15, 0.2) is 48.5 Å². The highest BCUT2D eigenvalue weighted by atomic mass is 16.5. The number of hydrogen-bond acceptors (Lipinski definition) is 4. The van der Waals surface area contributed by atoms with Gasteiger partial charge < -0.3 is 20.7 Å². The minimum atomic E-state index is -0.697. The molecule has 0 fully saturated rings. The largest absolute Gasteiger partial charge is 0.497 e. The SMILES string of the molecule is CC[C@@H](C)[C@H](NC(=O)c1ccccc1NC(=O)c1ccc(OC)cc1)C(=O)NC(C)(C)C. The van der Waals surface area contributed by atoms with Crippen LogP contribution < -0.4 is 20.7 Å². The molecule has 0 aliphatic carbocycles. The highest BCUT2D eigenvalue weighted by Gasteiger charge is 2.29. The van der Waals surface area contributed by atoms with Crippen molar-refractivity contribution >= 4 is 23.4 Å². The molecule has 3 amide bonds. The minimum absolute atomic E-state index is 0.0673. The van der Waals surface area contributed by atoms with Gasteiger partial charge in [-0.15, -0.1) is 0 Å². The minimum Gasteiger partial charge on any atom is -0.497 e. The van der Waals surface area contributed by atoms with E-state index in [0.29, 0.717) is 17.0 Å². The number of benzene rings is 2. The number of para-hydroxylation sites is 1. The van der Waals surface area contributed by atoms with E-state index in [1.807, 2.05) is 34.6 Å². The van der Waals surface area contributed by atoms with Crippen LogP contribution in [0.1, 0.15) is 61.8 Å². The van der Waals surface area contributed by atoms with Crippen molar-refractivity contribution in [3.05, 3.63) is 59.7 Å². The van der Waals surface area contributed by atoms with Crippen LogP contribution in [0.2, 0.25) is 0 Å². The lowest BCUT2D eigenvalue weighted by Gasteiger charge is -2.28. The van der Waals surface area contributed by atoms with Crippen molar-refractivity contribution in [1.82, 2.24) is 10.6 Å². The average molecular weight is 440 g/mol. The summed E-state index contributed by atoms with van der Waals surface area (Å²) in [4.78, 5) is 38.6. The Hall–Kier alpha value is -3.35. The Balaban J connectivity index is 2.22. The van der Waals surface area contributed by atoms with Crippen molar-refractivity contribution in [1.29, 1.82) is 0 Å². The summed E-state index contributed by atoms with van der Waals surface area (Å²) >= 11 is 0. The van der Waals surface area contributed by atoms with E-state index in [4.69, 9.17) is 4.74 Å². The van der Waals surface area contributed by atoms with Crippen molar-refractivity contribution < 1.29 is 19.1 Å². The number of carbonyl (C=O) groups is 3. The Bertz CT molecular complexity index is 948. The molecule has 172 valence electrons. The summed E-state index contributed by atoms with van der Waals surface area (Å²) < 4.78 is 5.12.